The van der Waals surface area contributed by atoms with Gasteiger partial charge in [-0.15, -0.1) is 0 Å². The molecule has 0 bridgehead atoms. The number of benzene rings is 2. The van der Waals surface area contributed by atoms with E-state index in [4.69, 9.17) is 4.74 Å². The first-order valence-corrected chi connectivity index (χ1v) is 12.4. The molecule has 0 saturated carbocycles. The van der Waals surface area contributed by atoms with Crippen LogP contribution in [0.5, 0.6) is 11.5 Å². The second-order valence-corrected chi connectivity index (χ2v) is 9.02. The Morgan fingerprint density at radius 2 is 1.89 bits per heavy atom. The normalized spacial score (nSPS) is 12.3. The van der Waals surface area contributed by atoms with Crippen molar-refractivity contribution in [3.8, 4) is 11.5 Å². The van der Waals surface area contributed by atoms with Crippen LogP contribution in [-0.2, 0) is 13.1 Å². The molecule has 1 aromatic heterocycles. The summed E-state index contributed by atoms with van der Waals surface area (Å²) in [6.45, 7) is 12.6. The Kier molecular flexibility index (Phi) is 9.32. The molecule has 7 nitrogen and oxygen atoms in total. The number of phenols is 1. The van der Waals surface area contributed by atoms with Gasteiger partial charge in [-0.1, -0.05) is 52.2 Å². The summed E-state index contributed by atoms with van der Waals surface area (Å²) in [5, 5.41) is 21.3. The second-order valence-electron chi connectivity index (χ2n) is 9.02. The van der Waals surface area contributed by atoms with Crippen LogP contribution in [-0.4, -0.2) is 46.3 Å². The van der Waals surface area contributed by atoms with Gasteiger partial charge in [0.15, 0.2) is 0 Å². The lowest BCUT2D eigenvalue weighted by molar-refractivity contribution is 0.0748. The lowest BCUT2D eigenvalue weighted by atomic mass is 10.1. The number of aromatic hydroxyl groups is 1. The van der Waals surface area contributed by atoms with Crippen LogP contribution in [0.2, 0.25) is 0 Å². The van der Waals surface area contributed by atoms with E-state index in [9.17, 15) is 9.90 Å². The molecule has 0 atom stereocenters. The number of aromatic nitrogens is 2. The first-order chi connectivity index (χ1) is 16.9. The van der Waals surface area contributed by atoms with Crippen LogP contribution < -0.4 is 10.1 Å². The maximum Gasteiger partial charge on any atom is 0.258 e. The maximum absolute atomic E-state index is 13.2. The molecule has 35 heavy (non-hydrogen) atoms. The van der Waals surface area contributed by atoms with Crippen LogP contribution in [0.25, 0.3) is 16.5 Å². The summed E-state index contributed by atoms with van der Waals surface area (Å²) in [4.78, 5) is 14.9. The quantitative estimate of drug-likeness (QED) is 0.346. The highest BCUT2D eigenvalue weighted by molar-refractivity contribution is 6.02. The number of fused-ring (bicyclic) bond motifs is 2. The van der Waals surface area contributed by atoms with Crippen LogP contribution in [0, 0.1) is 0 Å². The van der Waals surface area contributed by atoms with Crippen molar-refractivity contribution in [2.75, 3.05) is 20.2 Å². The van der Waals surface area contributed by atoms with Gasteiger partial charge < -0.3 is 20.1 Å². The molecule has 7 heteroatoms. The number of likely N-dealkylation sites (N-methyl/N-ethyl adjacent to an activating group) is 1. The Bertz CT molecular complexity index is 1160. The fourth-order valence-corrected chi connectivity index (χ4v) is 4.10. The molecule has 3 aromatic rings. The molecule has 1 aliphatic rings. The Balaban J connectivity index is 0.000000509. The first kappa shape index (κ1) is 26.3. The summed E-state index contributed by atoms with van der Waals surface area (Å²) >= 11 is 0. The van der Waals surface area contributed by atoms with Crippen molar-refractivity contribution in [3.63, 3.8) is 0 Å². The van der Waals surface area contributed by atoms with E-state index in [-0.39, 0.29) is 17.2 Å². The van der Waals surface area contributed by atoms with Crippen LogP contribution in [0.1, 0.15) is 73.6 Å². The minimum absolute atomic E-state index is 0.0635. The summed E-state index contributed by atoms with van der Waals surface area (Å²) in [5.41, 5.74) is 4.57. The summed E-state index contributed by atoms with van der Waals surface area (Å²) in [6, 6.07) is 9.14. The van der Waals surface area contributed by atoms with Gasteiger partial charge in [0.2, 0.25) is 0 Å². The monoisotopic (exact) mass is 478 g/mol. The molecule has 0 aliphatic carbocycles. The van der Waals surface area contributed by atoms with Gasteiger partial charge in [-0.2, -0.15) is 5.10 Å². The minimum Gasteiger partial charge on any atom is -0.507 e. The van der Waals surface area contributed by atoms with E-state index in [0.29, 0.717) is 30.9 Å². The van der Waals surface area contributed by atoms with Crippen molar-refractivity contribution < 1.29 is 14.6 Å². The highest BCUT2D eigenvalue weighted by Gasteiger charge is 2.27. The number of hydrogen-bond acceptors (Lipinski definition) is 5. The van der Waals surface area contributed by atoms with Crippen molar-refractivity contribution in [2.45, 2.75) is 59.5 Å². The molecule has 0 spiro atoms. The largest absolute Gasteiger partial charge is 0.507 e. The lowest BCUT2D eigenvalue weighted by Crippen LogP contribution is -2.25. The van der Waals surface area contributed by atoms with Gasteiger partial charge in [0, 0.05) is 31.1 Å². The summed E-state index contributed by atoms with van der Waals surface area (Å²) in [6.07, 6.45) is 5.54. The van der Waals surface area contributed by atoms with Gasteiger partial charge in [-0.3, -0.25) is 9.89 Å². The highest BCUT2D eigenvalue weighted by Crippen LogP contribution is 2.32. The smallest absolute Gasteiger partial charge is 0.258 e. The van der Waals surface area contributed by atoms with Crippen LogP contribution in [0.4, 0.5) is 0 Å². The molecule has 3 N–H and O–H groups in total. The van der Waals surface area contributed by atoms with E-state index in [0.717, 1.165) is 34.4 Å². The number of hydrogen-bond donors (Lipinski definition) is 3. The predicted octanol–water partition coefficient (Wildman–Crippen LogP) is 5.64. The third kappa shape index (κ3) is 6.42. The van der Waals surface area contributed by atoms with Gasteiger partial charge in [-0.05, 0) is 48.9 Å². The van der Waals surface area contributed by atoms with E-state index >= 15 is 0 Å². The van der Waals surface area contributed by atoms with Gasteiger partial charge in [0.1, 0.15) is 18.1 Å². The van der Waals surface area contributed by atoms with Gasteiger partial charge in [-0.25, -0.2) is 0 Å². The SMILES string of the molecule is C=C(C)c1n[nH]c2cc(O)c(C(=O)N3Cc4ccc(OCCNC)cc4C3)cc12.CCCCCC. The number of aromatic amines is 1. The molecule has 4 rings (SSSR count). The van der Waals surface area contributed by atoms with Crippen molar-refractivity contribution in [1.82, 2.24) is 20.4 Å². The first-order valence-electron chi connectivity index (χ1n) is 12.4. The number of nitrogens with one attached hydrogen (secondary N) is 2. The molecule has 2 heterocycles. The molecule has 0 unspecified atom stereocenters. The second kappa shape index (κ2) is 12.4. The zero-order valence-corrected chi connectivity index (χ0v) is 21.4. The van der Waals surface area contributed by atoms with Gasteiger partial charge in [0.05, 0.1) is 16.8 Å². The molecular weight excluding hydrogens is 440 g/mol. The molecule has 0 fully saturated rings. The Labute approximate surface area is 208 Å². The van der Waals surface area contributed by atoms with E-state index in [2.05, 4.69) is 35.9 Å². The molecule has 1 amide bonds. The van der Waals surface area contributed by atoms with E-state index < -0.39 is 0 Å². The third-order valence-corrected chi connectivity index (χ3v) is 6.08. The number of ether oxygens (including phenoxy) is 1. The fourth-order valence-electron chi connectivity index (χ4n) is 4.10. The number of phenolic OH excluding ortho intramolecular Hbond substituents is 1. The predicted molar refractivity (Wildman–Crippen MR) is 142 cm³/mol. The average Bonchev–Trinajstić information content (AvgIpc) is 3.46. The molecular formula is C28H38N4O3. The molecule has 2 aromatic carbocycles. The molecule has 1 aliphatic heterocycles. The number of amides is 1. The summed E-state index contributed by atoms with van der Waals surface area (Å²) in [7, 11) is 1.88. The zero-order valence-electron chi connectivity index (χ0n) is 21.4. The topological polar surface area (TPSA) is 90.5 Å². The number of unbranched alkanes of at least 4 members (excludes halogenated alkanes) is 3. The number of carbonyl (C=O) groups is 1. The minimum atomic E-state index is -0.216. The molecule has 188 valence electrons. The number of allylic oxidation sites excluding steroid dienone is 1. The summed E-state index contributed by atoms with van der Waals surface area (Å²) in [5.74, 6) is 0.514. The van der Waals surface area contributed by atoms with Crippen LogP contribution in [0.15, 0.2) is 36.9 Å². The van der Waals surface area contributed by atoms with E-state index in [1.54, 1.807) is 17.0 Å². The highest BCUT2D eigenvalue weighted by atomic mass is 16.5. The summed E-state index contributed by atoms with van der Waals surface area (Å²) < 4.78 is 5.72. The fraction of sp³-hybridized carbons (Fsp3) is 0.429. The van der Waals surface area contributed by atoms with Crippen LogP contribution >= 0.6 is 0 Å². The van der Waals surface area contributed by atoms with E-state index in [1.165, 1.54) is 25.7 Å². The Morgan fingerprint density at radius 3 is 2.54 bits per heavy atom. The number of carbonyl (C=O) groups excluding carboxylic acids is 1. The van der Waals surface area contributed by atoms with Gasteiger partial charge >= 0.3 is 0 Å². The molecule has 0 radical (unpaired) electrons. The van der Waals surface area contributed by atoms with E-state index in [1.807, 2.05) is 32.2 Å². The van der Waals surface area contributed by atoms with Gasteiger partial charge in [0.25, 0.3) is 5.91 Å². The Hall–Kier alpha value is -3.32. The number of H-pyrrole nitrogens is 1. The number of rotatable bonds is 9. The van der Waals surface area contributed by atoms with Crippen LogP contribution in [0.3, 0.4) is 0 Å². The van der Waals surface area contributed by atoms with Crippen molar-refractivity contribution in [2.24, 2.45) is 0 Å². The standard InChI is InChI=1S/C22H24N4O3.C6H14/c1-13(2)21-17-9-18(20(27)10-19(17)24-25-21)22(28)26-11-14-4-5-16(8-15(14)12-26)29-7-6-23-3;1-3-5-6-4-2/h4-5,8-10,23,27H,1,6-7,11-12H2,2-3H3,(H,24,25);3-6H2,1-2H3. The van der Waals surface area contributed by atoms with Crippen molar-refractivity contribution in [1.29, 1.82) is 0 Å². The maximum atomic E-state index is 13.2. The number of nitrogens with zero attached hydrogens (tertiary/aromatic N) is 2. The van der Waals surface area contributed by atoms with Crippen molar-refractivity contribution in [3.05, 3.63) is 59.3 Å². The Morgan fingerprint density at radius 1 is 1.17 bits per heavy atom. The molecule has 0 saturated heterocycles. The van der Waals surface area contributed by atoms with Crippen molar-refractivity contribution >= 4 is 22.4 Å². The zero-order chi connectivity index (χ0) is 25.4. The lowest BCUT2D eigenvalue weighted by Gasteiger charge is -2.16. The average molecular weight is 479 g/mol. The third-order valence-electron chi connectivity index (χ3n) is 6.08.